The molecule has 1 atom stereocenters. The van der Waals surface area contributed by atoms with Crippen molar-refractivity contribution in [1.82, 2.24) is 5.32 Å². The summed E-state index contributed by atoms with van der Waals surface area (Å²) in [6, 6.07) is 7.08. The second-order valence-electron chi connectivity index (χ2n) is 5.20. The van der Waals surface area contributed by atoms with Crippen LogP contribution in [-0.4, -0.2) is 36.9 Å². The monoisotopic (exact) mass is 280 g/mol. The molecule has 5 heteroatoms. The van der Waals surface area contributed by atoms with Gasteiger partial charge >= 0.3 is 0 Å². The van der Waals surface area contributed by atoms with Crippen LogP contribution in [0.2, 0.25) is 0 Å². The zero-order valence-corrected chi connectivity index (χ0v) is 12.1. The van der Waals surface area contributed by atoms with Gasteiger partial charge < -0.3 is 20.9 Å². The highest BCUT2D eigenvalue weighted by Gasteiger charge is 2.09. The number of aliphatic hydroxyl groups is 1. The number of nitrogens with one attached hydrogen (secondary N) is 1. The fourth-order valence-corrected chi connectivity index (χ4v) is 1.60. The molecule has 1 rings (SSSR count). The first kappa shape index (κ1) is 16.6. The third-order valence-electron chi connectivity index (χ3n) is 2.71. The summed E-state index contributed by atoms with van der Waals surface area (Å²) in [5.74, 6) is 0.217. The highest BCUT2D eigenvalue weighted by atomic mass is 16.5. The normalized spacial score (nSPS) is 12.4. The molecule has 20 heavy (non-hydrogen) atoms. The largest absolute Gasteiger partial charge is 0.389 e. The summed E-state index contributed by atoms with van der Waals surface area (Å²) >= 11 is 0. The molecule has 4 N–H and O–H groups in total. The number of benzene rings is 1. The van der Waals surface area contributed by atoms with Crippen LogP contribution in [0.4, 0.5) is 0 Å². The highest BCUT2D eigenvalue weighted by molar-refractivity contribution is 5.94. The first-order chi connectivity index (χ1) is 9.52. The summed E-state index contributed by atoms with van der Waals surface area (Å²) in [7, 11) is 0. The maximum atomic E-state index is 11.8. The standard InChI is InChI=1S/C15H24N2O3/c1-11(2)9-20-10-14(18)8-17-15(19)13-5-3-12(7-16)4-6-13/h3-6,11,14,18H,7-10,16H2,1-2H3,(H,17,19). The van der Waals surface area contributed by atoms with Crippen LogP contribution in [0.25, 0.3) is 0 Å². The summed E-state index contributed by atoms with van der Waals surface area (Å²) in [4.78, 5) is 11.8. The second kappa shape index (κ2) is 8.68. The average molecular weight is 280 g/mol. The SMILES string of the molecule is CC(C)COCC(O)CNC(=O)c1ccc(CN)cc1. The summed E-state index contributed by atoms with van der Waals surface area (Å²) < 4.78 is 5.31. The predicted molar refractivity (Wildman–Crippen MR) is 78.3 cm³/mol. The Morgan fingerprint density at radius 1 is 1.30 bits per heavy atom. The maximum Gasteiger partial charge on any atom is 0.251 e. The van der Waals surface area contributed by atoms with Crippen molar-refractivity contribution in [2.45, 2.75) is 26.5 Å². The molecule has 0 aliphatic heterocycles. The van der Waals surface area contributed by atoms with Crippen LogP contribution in [0, 0.1) is 5.92 Å². The minimum atomic E-state index is -0.694. The molecule has 1 unspecified atom stereocenters. The lowest BCUT2D eigenvalue weighted by atomic mass is 10.1. The molecule has 1 aromatic carbocycles. The Balaban J connectivity index is 2.31. The quantitative estimate of drug-likeness (QED) is 0.661. The van der Waals surface area contributed by atoms with E-state index in [2.05, 4.69) is 5.32 Å². The number of ether oxygens (including phenoxy) is 1. The van der Waals surface area contributed by atoms with E-state index in [0.717, 1.165) is 5.56 Å². The van der Waals surface area contributed by atoms with Crippen LogP contribution in [-0.2, 0) is 11.3 Å². The number of amides is 1. The smallest absolute Gasteiger partial charge is 0.251 e. The Morgan fingerprint density at radius 3 is 2.50 bits per heavy atom. The van der Waals surface area contributed by atoms with Crippen molar-refractivity contribution in [2.75, 3.05) is 19.8 Å². The van der Waals surface area contributed by atoms with Gasteiger partial charge in [-0.05, 0) is 23.6 Å². The molecule has 1 aromatic rings. The first-order valence-electron chi connectivity index (χ1n) is 6.86. The zero-order chi connectivity index (χ0) is 15.0. The molecular weight excluding hydrogens is 256 g/mol. The third kappa shape index (κ3) is 6.14. The van der Waals surface area contributed by atoms with E-state index in [1.807, 2.05) is 26.0 Å². The summed E-state index contributed by atoms with van der Waals surface area (Å²) in [6.45, 7) is 5.54. The zero-order valence-electron chi connectivity index (χ0n) is 12.1. The number of hydrogen-bond acceptors (Lipinski definition) is 4. The molecule has 1 amide bonds. The Labute approximate surface area is 120 Å². The minimum Gasteiger partial charge on any atom is -0.389 e. The van der Waals surface area contributed by atoms with Gasteiger partial charge in [-0.25, -0.2) is 0 Å². The van der Waals surface area contributed by atoms with Crippen LogP contribution in [0.5, 0.6) is 0 Å². The topological polar surface area (TPSA) is 84.6 Å². The summed E-state index contributed by atoms with van der Waals surface area (Å²) in [5.41, 5.74) is 7.02. The Kier molecular flexibility index (Phi) is 7.22. The molecule has 0 aliphatic rings. The van der Waals surface area contributed by atoms with Crippen molar-refractivity contribution >= 4 is 5.91 Å². The van der Waals surface area contributed by atoms with Crippen LogP contribution < -0.4 is 11.1 Å². The van der Waals surface area contributed by atoms with Crippen molar-refractivity contribution in [3.05, 3.63) is 35.4 Å². The molecule has 0 saturated heterocycles. The first-order valence-corrected chi connectivity index (χ1v) is 6.86. The summed E-state index contributed by atoms with van der Waals surface area (Å²) in [5, 5.41) is 12.4. The van der Waals surface area contributed by atoms with E-state index in [4.69, 9.17) is 10.5 Å². The fraction of sp³-hybridized carbons (Fsp3) is 0.533. The number of carbonyl (C=O) groups is 1. The van der Waals surface area contributed by atoms with Gasteiger partial charge in [0.05, 0.1) is 12.7 Å². The lowest BCUT2D eigenvalue weighted by Gasteiger charge is -2.13. The van der Waals surface area contributed by atoms with E-state index in [-0.39, 0.29) is 19.1 Å². The Bertz CT molecular complexity index is 404. The van der Waals surface area contributed by atoms with Gasteiger partial charge in [-0.1, -0.05) is 26.0 Å². The minimum absolute atomic E-state index is 0.176. The Morgan fingerprint density at radius 2 is 1.95 bits per heavy atom. The van der Waals surface area contributed by atoms with Gasteiger partial charge in [0.25, 0.3) is 5.91 Å². The van der Waals surface area contributed by atoms with Crippen LogP contribution >= 0.6 is 0 Å². The van der Waals surface area contributed by atoms with Crippen molar-refractivity contribution < 1.29 is 14.6 Å². The van der Waals surface area contributed by atoms with Gasteiger partial charge in [-0.2, -0.15) is 0 Å². The number of carbonyl (C=O) groups excluding carboxylic acids is 1. The van der Waals surface area contributed by atoms with Crippen molar-refractivity contribution in [3.8, 4) is 0 Å². The molecule has 0 aromatic heterocycles. The molecule has 0 bridgehead atoms. The fourth-order valence-electron chi connectivity index (χ4n) is 1.60. The van der Waals surface area contributed by atoms with E-state index in [1.54, 1.807) is 12.1 Å². The average Bonchev–Trinajstić information content (AvgIpc) is 2.44. The van der Waals surface area contributed by atoms with Gasteiger partial charge in [0.2, 0.25) is 0 Å². The molecule has 112 valence electrons. The highest BCUT2D eigenvalue weighted by Crippen LogP contribution is 2.03. The predicted octanol–water partition coefficient (Wildman–Crippen LogP) is 0.909. The molecule has 5 nitrogen and oxygen atoms in total. The van der Waals surface area contributed by atoms with Crippen LogP contribution in [0.15, 0.2) is 24.3 Å². The lowest BCUT2D eigenvalue weighted by Crippen LogP contribution is -2.34. The van der Waals surface area contributed by atoms with Crippen molar-refractivity contribution in [1.29, 1.82) is 0 Å². The molecule has 0 heterocycles. The van der Waals surface area contributed by atoms with Gasteiger partial charge in [0.1, 0.15) is 0 Å². The van der Waals surface area contributed by atoms with Crippen molar-refractivity contribution in [2.24, 2.45) is 11.7 Å². The van der Waals surface area contributed by atoms with Crippen molar-refractivity contribution in [3.63, 3.8) is 0 Å². The number of rotatable bonds is 8. The maximum absolute atomic E-state index is 11.8. The second-order valence-corrected chi connectivity index (χ2v) is 5.20. The lowest BCUT2D eigenvalue weighted by molar-refractivity contribution is 0.0259. The number of hydrogen-bond donors (Lipinski definition) is 3. The van der Waals surface area contributed by atoms with Crippen LogP contribution in [0.1, 0.15) is 29.8 Å². The number of nitrogens with two attached hydrogens (primary N) is 1. The molecule has 0 radical (unpaired) electrons. The van der Waals surface area contributed by atoms with E-state index in [1.165, 1.54) is 0 Å². The van der Waals surface area contributed by atoms with E-state index >= 15 is 0 Å². The molecule has 0 aliphatic carbocycles. The van der Waals surface area contributed by atoms with Crippen LogP contribution in [0.3, 0.4) is 0 Å². The molecular formula is C15H24N2O3. The van der Waals surface area contributed by atoms with E-state index in [0.29, 0.717) is 24.6 Å². The molecule has 0 saturated carbocycles. The molecule has 0 spiro atoms. The molecule has 0 fully saturated rings. The van der Waals surface area contributed by atoms with E-state index in [9.17, 15) is 9.90 Å². The Hall–Kier alpha value is -1.43. The van der Waals surface area contributed by atoms with Gasteiger partial charge in [-0.15, -0.1) is 0 Å². The van der Waals surface area contributed by atoms with Gasteiger partial charge in [0.15, 0.2) is 0 Å². The van der Waals surface area contributed by atoms with Gasteiger partial charge in [-0.3, -0.25) is 4.79 Å². The summed E-state index contributed by atoms with van der Waals surface area (Å²) in [6.07, 6.45) is -0.694. The number of aliphatic hydroxyl groups excluding tert-OH is 1. The third-order valence-corrected chi connectivity index (χ3v) is 2.71. The van der Waals surface area contributed by atoms with E-state index < -0.39 is 6.10 Å². The van der Waals surface area contributed by atoms with Gasteiger partial charge in [0, 0.05) is 25.3 Å².